The number of likely N-dealkylation sites (tertiary alicyclic amines) is 1. The van der Waals surface area contributed by atoms with Gasteiger partial charge < -0.3 is 24.0 Å². The number of ether oxygens (including phenoxy) is 3. The van der Waals surface area contributed by atoms with Gasteiger partial charge in [0.05, 0.1) is 37.6 Å². The van der Waals surface area contributed by atoms with Crippen molar-refractivity contribution in [2.45, 2.75) is 32.8 Å². The number of piperidine rings is 1. The second kappa shape index (κ2) is 13.1. The van der Waals surface area contributed by atoms with Crippen molar-refractivity contribution < 1.29 is 37.0 Å². The Morgan fingerprint density at radius 3 is 2.49 bits per heavy atom. The number of amides is 1. The van der Waals surface area contributed by atoms with Crippen molar-refractivity contribution >= 4 is 29.0 Å². The number of hydrogen-bond acceptors (Lipinski definition) is 8. The molecule has 10 nitrogen and oxygen atoms in total. The van der Waals surface area contributed by atoms with E-state index in [1.807, 2.05) is 19.1 Å². The normalized spacial score (nSPS) is 16.6. The molecule has 238 valence electrons. The summed E-state index contributed by atoms with van der Waals surface area (Å²) in [6.07, 6.45) is 0.340. The zero-order valence-electron chi connectivity index (χ0n) is 25.6. The maximum Gasteiger partial charge on any atom is 0.306 e. The molecule has 3 heterocycles. The highest BCUT2D eigenvalue weighted by Crippen LogP contribution is 2.37. The fraction of sp³-hybridized carbons (Fsp3) is 0.375. The summed E-state index contributed by atoms with van der Waals surface area (Å²) in [5.41, 5.74) is 1.98. The standard InChI is InChI=1S/C32H34F3N5O5/c1-6-45-29(41)14-19-10-11-39(17-26(19)44-5)32(42)24-15-27-36-23(20-12-21(33)30(35)22(34)13-20)16-28(40(27)37-24)38(3)31-18(2)8-7-9-25(31)43-4/h7-9,12-13,15-16,19,26H,6,10-11,14,17H2,1-5H3/t19-,26-/m0/s1. The third kappa shape index (κ3) is 6.30. The van der Waals surface area contributed by atoms with Crippen LogP contribution in [0.4, 0.5) is 24.7 Å². The van der Waals surface area contributed by atoms with E-state index in [1.54, 1.807) is 35.9 Å². The SMILES string of the molecule is CCOC(=O)C[C@@H]1CCN(C(=O)c2cc3nc(-c4cc(F)c(F)c(F)c4)cc(N(C)c4c(C)cccc4OC)n3n2)C[C@@H]1OC. The van der Waals surface area contributed by atoms with Crippen LogP contribution in [0.2, 0.25) is 0 Å². The molecule has 0 unspecified atom stereocenters. The summed E-state index contributed by atoms with van der Waals surface area (Å²) in [5, 5.41) is 4.60. The molecule has 1 aliphatic heterocycles. The molecule has 1 aliphatic rings. The summed E-state index contributed by atoms with van der Waals surface area (Å²) >= 11 is 0. The van der Waals surface area contributed by atoms with Crippen molar-refractivity contribution in [3.63, 3.8) is 0 Å². The van der Waals surface area contributed by atoms with Crippen LogP contribution in [-0.2, 0) is 14.3 Å². The number of rotatable bonds is 9. The van der Waals surface area contributed by atoms with E-state index in [1.165, 1.54) is 24.8 Å². The molecule has 45 heavy (non-hydrogen) atoms. The van der Waals surface area contributed by atoms with Crippen LogP contribution in [0.3, 0.4) is 0 Å². The van der Waals surface area contributed by atoms with Gasteiger partial charge in [-0.25, -0.2) is 18.2 Å². The van der Waals surface area contributed by atoms with Gasteiger partial charge in [0.2, 0.25) is 0 Å². The Morgan fingerprint density at radius 2 is 1.82 bits per heavy atom. The third-order valence-electron chi connectivity index (χ3n) is 8.03. The molecule has 0 spiro atoms. The minimum Gasteiger partial charge on any atom is -0.495 e. The van der Waals surface area contributed by atoms with Crippen LogP contribution in [0, 0.1) is 30.3 Å². The number of fused-ring (bicyclic) bond motifs is 1. The lowest BCUT2D eigenvalue weighted by Crippen LogP contribution is -2.48. The molecule has 2 atom stereocenters. The number of halogens is 3. The predicted molar refractivity (Wildman–Crippen MR) is 160 cm³/mol. The summed E-state index contributed by atoms with van der Waals surface area (Å²) in [4.78, 5) is 33.8. The molecule has 1 saturated heterocycles. The molecule has 0 radical (unpaired) electrons. The van der Waals surface area contributed by atoms with Crippen molar-refractivity contribution in [3.8, 4) is 17.0 Å². The fourth-order valence-electron chi connectivity index (χ4n) is 5.74. The summed E-state index contributed by atoms with van der Waals surface area (Å²) in [6.45, 7) is 4.55. The quantitative estimate of drug-likeness (QED) is 0.182. The van der Waals surface area contributed by atoms with Gasteiger partial charge in [0, 0.05) is 44.9 Å². The van der Waals surface area contributed by atoms with Gasteiger partial charge in [-0.1, -0.05) is 12.1 Å². The Kier molecular flexibility index (Phi) is 9.28. The molecule has 0 saturated carbocycles. The topological polar surface area (TPSA) is 98.5 Å². The van der Waals surface area contributed by atoms with Crippen molar-refractivity contribution in [2.24, 2.45) is 5.92 Å². The lowest BCUT2D eigenvalue weighted by atomic mass is 9.90. The number of benzene rings is 2. The zero-order valence-corrected chi connectivity index (χ0v) is 25.6. The highest BCUT2D eigenvalue weighted by atomic mass is 19.2. The number of aryl methyl sites for hydroxylation is 1. The molecular weight excluding hydrogens is 591 g/mol. The van der Waals surface area contributed by atoms with E-state index in [-0.39, 0.29) is 66.1 Å². The molecule has 2 aromatic heterocycles. The Bertz CT molecular complexity index is 1720. The minimum absolute atomic E-state index is 0.000911. The van der Waals surface area contributed by atoms with Crippen LogP contribution < -0.4 is 9.64 Å². The number of hydrogen-bond donors (Lipinski definition) is 0. The smallest absolute Gasteiger partial charge is 0.306 e. The molecule has 13 heteroatoms. The molecule has 0 N–H and O–H groups in total. The van der Waals surface area contributed by atoms with E-state index in [9.17, 15) is 22.8 Å². The van der Waals surface area contributed by atoms with Crippen LogP contribution in [0.5, 0.6) is 5.75 Å². The number of nitrogens with zero attached hydrogens (tertiary/aromatic N) is 5. The first kappa shape index (κ1) is 31.8. The van der Waals surface area contributed by atoms with Crippen molar-refractivity contribution in [1.82, 2.24) is 19.5 Å². The van der Waals surface area contributed by atoms with Gasteiger partial charge in [-0.3, -0.25) is 9.59 Å². The monoisotopic (exact) mass is 625 g/mol. The van der Waals surface area contributed by atoms with E-state index in [2.05, 4.69) is 10.1 Å². The zero-order chi connectivity index (χ0) is 32.4. The van der Waals surface area contributed by atoms with Gasteiger partial charge in [0.15, 0.2) is 28.8 Å². The lowest BCUT2D eigenvalue weighted by Gasteiger charge is -2.37. The van der Waals surface area contributed by atoms with Crippen molar-refractivity contribution in [3.05, 3.63) is 71.2 Å². The molecule has 1 amide bonds. The first-order valence-corrected chi connectivity index (χ1v) is 14.5. The number of carbonyl (C=O) groups is 2. The summed E-state index contributed by atoms with van der Waals surface area (Å²) in [7, 11) is 4.84. The van der Waals surface area contributed by atoms with Gasteiger partial charge in [-0.2, -0.15) is 9.61 Å². The van der Waals surface area contributed by atoms with Crippen molar-refractivity contribution in [2.75, 3.05) is 45.9 Å². The second-order valence-electron chi connectivity index (χ2n) is 10.8. The van der Waals surface area contributed by atoms with Crippen LogP contribution in [0.25, 0.3) is 16.9 Å². The molecule has 0 bridgehead atoms. The largest absolute Gasteiger partial charge is 0.495 e. The Balaban J connectivity index is 1.56. The van der Waals surface area contributed by atoms with E-state index >= 15 is 0 Å². The molecule has 1 fully saturated rings. The van der Waals surface area contributed by atoms with Crippen LogP contribution >= 0.6 is 0 Å². The average Bonchev–Trinajstić information content (AvgIpc) is 3.46. The average molecular weight is 626 g/mol. The van der Waals surface area contributed by atoms with Gasteiger partial charge >= 0.3 is 5.97 Å². The van der Waals surface area contributed by atoms with Gasteiger partial charge in [0.1, 0.15) is 11.6 Å². The van der Waals surface area contributed by atoms with Gasteiger partial charge in [-0.15, -0.1) is 0 Å². The van der Waals surface area contributed by atoms with E-state index in [4.69, 9.17) is 14.2 Å². The predicted octanol–water partition coefficient (Wildman–Crippen LogP) is 5.33. The number of aromatic nitrogens is 3. The highest BCUT2D eigenvalue weighted by Gasteiger charge is 2.34. The maximum absolute atomic E-state index is 14.3. The van der Waals surface area contributed by atoms with E-state index < -0.39 is 17.5 Å². The first-order chi connectivity index (χ1) is 21.6. The van der Waals surface area contributed by atoms with Gasteiger partial charge in [0.25, 0.3) is 5.91 Å². The Hall–Kier alpha value is -4.65. The van der Waals surface area contributed by atoms with Crippen molar-refractivity contribution in [1.29, 1.82) is 0 Å². The summed E-state index contributed by atoms with van der Waals surface area (Å²) in [6, 6.07) is 10.3. The Labute approximate surface area is 258 Å². The molecule has 0 aliphatic carbocycles. The molecule has 2 aromatic carbocycles. The first-order valence-electron chi connectivity index (χ1n) is 14.5. The van der Waals surface area contributed by atoms with Crippen LogP contribution in [0.15, 0.2) is 42.5 Å². The molecule has 4 aromatic rings. The molecule has 5 rings (SSSR count). The maximum atomic E-state index is 14.3. The van der Waals surface area contributed by atoms with E-state index in [0.29, 0.717) is 30.2 Å². The van der Waals surface area contributed by atoms with Crippen LogP contribution in [0.1, 0.15) is 35.8 Å². The number of carbonyl (C=O) groups excluding carboxylic acids is 2. The summed E-state index contributed by atoms with van der Waals surface area (Å²) in [5.74, 6) is -4.13. The number of esters is 1. The Morgan fingerprint density at radius 1 is 1.09 bits per heavy atom. The summed E-state index contributed by atoms with van der Waals surface area (Å²) < 4.78 is 60.1. The highest BCUT2D eigenvalue weighted by molar-refractivity contribution is 5.94. The van der Waals surface area contributed by atoms with Crippen LogP contribution in [-0.4, -0.2) is 78.4 Å². The fourth-order valence-corrected chi connectivity index (χ4v) is 5.74. The number of para-hydroxylation sites is 1. The minimum atomic E-state index is -1.58. The van der Waals surface area contributed by atoms with Gasteiger partial charge in [-0.05, 0) is 49.9 Å². The second-order valence-corrected chi connectivity index (χ2v) is 10.8. The lowest BCUT2D eigenvalue weighted by molar-refractivity contribution is -0.146. The molecular formula is C32H34F3N5O5. The number of methoxy groups -OCH3 is 2. The third-order valence-corrected chi connectivity index (χ3v) is 8.03. The number of anilines is 2. The van der Waals surface area contributed by atoms with E-state index in [0.717, 1.165) is 17.7 Å².